The molecule has 6 aromatic rings. The van der Waals surface area contributed by atoms with E-state index in [1.165, 1.54) is 26.8 Å². The van der Waals surface area contributed by atoms with Crippen molar-refractivity contribution in [2.45, 2.75) is 79.1 Å². The number of halogens is 1. The topological polar surface area (TPSA) is 190 Å². The number of nitrogens with one attached hydrogen (secondary N) is 1. The summed E-state index contributed by atoms with van der Waals surface area (Å²) in [5, 5.41) is 15.2. The smallest absolute Gasteiger partial charge is 0.524 e. The lowest BCUT2D eigenvalue weighted by Gasteiger charge is -2.34. The number of carbonyl (C=O) groups excluding carboxylic acids is 3. The Balaban J connectivity index is 0.000000170. The van der Waals surface area contributed by atoms with Crippen molar-refractivity contribution in [1.29, 1.82) is 0 Å². The highest BCUT2D eigenvalue weighted by atomic mass is 79.9. The third-order valence-corrected chi connectivity index (χ3v) is 12.4. The molecule has 395 valence electrons. The first kappa shape index (κ1) is 56.5. The molecule has 0 atom stereocenters. The maximum absolute atomic E-state index is 12.7. The van der Waals surface area contributed by atoms with Gasteiger partial charge in [0.2, 0.25) is 0 Å². The molecule has 3 fully saturated rings. The molecule has 1 radical (unpaired) electrons. The number of hydrogen-bond acceptors (Lipinski definition) is 17. The zero-order chi connectivity index (χ0) is 53.3. The molecule has 3 aliphatic rings. The van der Waals surface area contributed by atoms with E-state index >= 15 is 0 Å². The first-order valence-electron chi connectivity index (χ1n) is 24.6. The van der Waals surface area contributed by atoms with Crippen LogP contribution in [-0.4, -0.2) is 191 Å². The number of fused-ring (bicyclic) bond motifs is 3. The van der Waals surface area contributed by atoms with Crippen LogP contribution in [0, 0.1) is 0 Å². The van der Waals surface area contributed by atoms with Crippen molar-refractivity contribution in [1.82, 2.24) is 48.7 Å². The van der Waals surface area contributed by atoms with Crippen LogP contribution in [0.25, 0.3) is 32.7 Å². The van der Waals surface area contributed by atoms with Crippen molar-refractivity contribution in [2.75, 3.05) is 109 Å². The fourth-order valence-electron chi connectivity index (χ4n) is 8.10. The van der Waals surface area contributed by atoms with E-state index in [0.29, 0.717) is 13.2 Å². The Kier molecular flexibility index (Phi) is 19.0. The molecule has 73 heavy (non-hydrogen) atoms. The number of pyridine rings is 3. The minimum atomic E-state index is -0.656. The lowest BCUT2D eigenvalue weighted by atomic mass is 10.2. The van der Waals surface area contributed by atoms with Gasteiger partial charge in [0.1, 0.15) is 16.8 Å². The lowest BCUT2D eigenvalue weighted by molar-refractivity contribution is 0.0527. The Hall–Kier alpha value is -5.78. The summed E-state index contributed by atoms with van der Waals surface area (Å²) in [6.07, 6.45) is 12.4. The van der Waals surface area contributed by atoms with E-state index in [-0.39, 0.29) is 12.0 Å². The van der Waals surface area contributed by atoms with Gasteiger partial charge in [-0.25, -0.2) is 19.0 Å². The van der Waals surface area contributed by atoms with Crippen molar-refractivity contribution < 1.29 is 38.3 Å². The highest BCUT2D eigenvalue weighted by Crippen LogP contribution is 2.34. The fraction of sp³-hybridized carbons (Fsp3) is 0.529. The van der Waals surface area contributed by atoms with Gasteiger partial charge in [0.15, 0.2) is 5.88 Å². The number of aromatic nitrogens is 6. The summed E-state index contributed by atoms with van der Waals surface area (Å²) < 4.78 is 26.6. The summed E-state index contributed by atoms with van der Waals surface area (Å²) in [5.74, 6) is 0.181. The Morgan fingerprint density at radius 2 is 0.973 bits per heavy atom. The van der Waals surface area contributed by atoms with Gasteiger partial charge in [0, 0.05) is 124 Å². The van der Waals surface area contributed by atoms with Crippen LogP contribution in [0.15, 0.2) is 72.2 Å². The molecule has 0 saturated carbocycles. The summed E-state index contributed by atoms with van der Waals surface area (Å²) in [4.78, 5) is 61.2. The number of piperazine rings is 3. The molecule has 0 aromatic carbocycles. The Morgan fingerprint density at radius 1 is 0.562 bits per heavy atom. The number of nitrogens with zero attached hydrogens (tertiary/aromatic N) is 11. The van der Waals surface area contributed by atoms with Crippen LogP contribution in [0.2, 0.25) is 0 Å². The van der Waals surface area contributed by atoms with Crippen LogP contribution >= 0.6 is 15.9 Å². The summed E-state index contributed by atoms with van der Waals surface area (Å²) >= 11 is 3.39. The van der Waals surface area contributed by atoms with Crippen LogP contribution in [0.5, 0.6) is 5.88 Å². The molecule has 3 aliphatic heterocycles. The van der Waals surface area contributed by atoms with Crippen molar-refractivity contribution >= 4 is 86.0 Å². The van der Waals surface area contributed by atoms with Crippen molar-refractivity contribution in [3.05, 3.63) is 72.2 Å². The van der Waals surface area contributed by atoms with Crippen LogP contribution in [0.3, 0.4) is 0 Å². The number of anilines is 2. The Labute approximate surface area is 437 Å². The minimum absolute atomic E-state index is 0.181. The predicted octanol–water partition coefficient (Wildman–Crippen LogP) is 7.15. The van der Waals surface area contributed by atoms with Crippen LogP contribution in [-0.2, 0) is 14.2 Å². The first-order chi connectivity index (χ1) is 34.4. The van der Waals surface area contributed by atoms with E-state index < -0.39 is 29.0 Å². The molecule has 0 unspecified atom stereocenters. The number of rotatable bonds is 4. The van der Waals surface area contributed by atoms with Crippen molar-refractivity contribution in [3.63, 3.8) is 0 Å². The lowest BCUT2D eigenvalue weighted by Crippen LogP contribution is -2.44. The molecule has 0 aliphatic carbocycles. The molecule has 0 amide bonds. The third kappa shape index (κ3) is 15.6. The summed E-state index contributed by atoms with van der Waals surface area (Å²) in [7, 11) is 6.94. The fourth-order valence-corrected chi connectivity index (χ4v) is 8.55. The monoisotopic (exact) mass is 1070 g/mol. The minimum Gasteiger partial charge on any atom is -0.524 e. The number of carbonyl (C=O) groups is 3. The number of ether oxygens (including phenoxy) is 3. The maximum atomic E-state index is 12.7. The zero-order valence-electron chi connectivity index (χ0n) is 44.5. The average Bonchev–Trinajstić information content (AvgIpc) is 4.05. The van der Waals surface area contributed by atoms with Gasteiger partial charge >= 0.3 is 26.0 Å². The van der Waals surface area contributed by atoms with E-state index in [2.05, 4.69) is 81.8 Å². The third-order valence-electron chi connectivity index (χ3n) is 11.8. The summed E-state index contributed by atoms with van der Waals surface area (Å²) in [6, 6.07) is 5.54. The number of likely N-dealkylation sites (N-methyl/N-ethyl adjacent to an activating group) is 3. The molecular weight excluding hydrogens is 999 g/mol. The van der Waals surface area contributed by atoms with Crippen LogP contribution in [0.4, 0.5) is 25.8 Å². The second kappa shape index (κ2) is 24.5. The summed E-state index contributed by atoms with van der Waals surface area (Å²) in [6.45, 7) is 28.9. The van der Waals surface area contributed by atoms with Gasteiger partial charge in [-0.15, -0.1) is 0 Å². The first-order valence-corrected chi connectivity index (χ1v) is 25.4. The van der Waals surface area contributed by atoms with E-state index in [1.807, 2.05) is 59.9 Å². The highest BCUT2D eigenvalue weighted by Gasteiger charge is 2.27. The zero-order valence-corrected chi connectivity index (χ0v) is 46.1. The maximum Gasteiger partial charge on any atom is 0.570 e. The van der Waals surface area contributed by atoms with Crippen molar-refractivity contribution in [3.8, 4) is 5.88 Å². The molecule has 0 bridgehead atoms. The SMILES string of the molecule is CC(C)(C)OC(=O)n1ccc2c(Br)cncc21.CN1CCN(c2cncc3c2cc(O[B]O)n3C(=O)OC(C)(C)C)CC1.CN1CCN(c2cncc3c2ccn3C(=O)OC(C)(C)C)CC1.CN1CCNCC1. The molecule has 22 heteroatoms. The van der Waals surface area contributed by atoms with Crippen LogP contribution < -0.4 is 19.8 Å². The van der Waals surface area contributed by atoms with Crippen LogP contribution in [0.1, 0.15) is 62.3 Å². The van der Waals surface area contributed by atoms with Gasteiger partial charge in [-0.05, 0) is 112 Å². The second-order valence-electron chi connectivity index (χ2n) is 21.2. The number of hydrogen-bond donors (Lipinski definition) is 2. The summed E-state index contributed by atoms with van der Waals surface area (Å²) in [5.41, 5.74) is 2.43. The molecule has 0 spiro atoms. The van der Waals surface area contributed by atoms with Gasteiger partial charge in [-0.3, -0.25) is 24.1 Å². The van der Waals surface area contributed by atoms with E-state index in [0.717, 1.165) is 108 Å². The Bertz CT molecular complexity index is 2790. The van der Waals surface area contributed by atoms with Gasteiger partial charge in [0.25, 0.3) is 0 Å². The van der Waals surface area contributed by atoms with Gasteiger partial charge < -0.3 is 53.7 Å². The van der Waals surface area contributed by atoms with Gasteiger partial charge in [0.05, 0.1) is 58.9 Å². The van der Waals surface area contributed by atoms with Gasteiger partial charge in [-0.2, -0.15) is 0 Å². The van der Waals surface area contributed by atoms with Crippen molar-refractivity contribution in [2.24, 2.45) is 0 Å². The molecular formula is C51H73BBrN12O8. The molecule has 6 aromatic heterocycles. The second-order valence-corrected chi connectivity index (χ2v) is 22.1. The molecule has 20 nitrogen and oxygen atoms in total. The standard InChI is InChI=1S/C17H24BN4O4.C17H24N4O2.C12H13BrN2O2.C5H12N2/c1-17(2,3)25-16(23)22-14-11-19-10-13(12(14)9-15(22)26-18-24)21-7-5-20(4)6-8-21;1-17(2,3)23-16(22)21-6-5-13-14(11-18-12-15(13)21)20-9-7-19(4)8-10-20;1-12(2,3)17-11(16)15-5-4-8-9(13)6-14-7-10(8)15;1-7-4-2-6-3-5-7/h9-11,24H,5-8H2,1-4H3;5-6,11-12H,7-10H2,1-4H3;4-7H,1-3H3;6H,2-5H2,1H3. The quantitative estimate of drug-likeness (QED) is 0.134. The Morgan fingerprint density at radius 3 is 1.42 bits per heavy atom. The normalized spacial score (nSPS) is 16.1. The molecule has 2 N–H and O–H groups in total. The van der Waals surface area contributed by atoms with E-state index in [4.69, 9.17) is 23.9 Å². The van der Waals surface area contributed by atoms with E-state index in [9.17, 15) is 14.4 Å². The molecule has 3 saturated heterocycles. The van der Waals surface area contributed by atoms with E-state index in [1.54, 1.807) is 70.2 Å². The largest absolute Gasteiger partial charge is 0.570 e. The predicted molar refractivity (Wildman–Crippen MR) is 290 cm³/mol. The van der Waals surface area contributed by atoms with Gasteiger partial charge in [-0.1, -0.05) is 0 Å². The average molecular weight is 1070 g/mol. The highest BCUT2D eigenvalue weighted by molar-refractivity contribution is 9.10. The molecule has 9 rings (SSSR count). The molecule has 9 heterocycles.